The highest BCUT2D eigenvalue weighted by atomic mass is 16.3. The number of allylic oxidation sites excluding steroid dienone is 3. The van der Waals surface area contributed by atoms with Gasteiger partial charge in [-0.3, -0.25) is 0 Å². The Morgan fingerprint density at radius 2 is 2.10 bits per heavy atom. The van der Waals surface area contributed by atoms with Crippen molar-refractivity contribution in [1.29, 1.82) is 0 Å². The summed E-state index contributed by atoms with van der Waals surface area (Å²) in [6, 6.07) is 0. The van der Waals surface area contributed by atoms with Crippen molar-refractivity contribution in [2.45, 2.75) is 77.7 Å². The Morgan fingerprint density at radius 3 is 2.90 bits per heavy atom. The Morgan fingerprint density at radius 1 is 1.24 bits per heavy atom. The minimum atomic E-state index is -0.0472. The standard InChI is InChI=1S/C20H30O/c1-3-14-5-9-19-18-7-4-13-12-15(21)6-8-16(13)17(18)10-11-20(14,19)2/h5,15,17-19,21H,3-4,6-12H2,1-2H3/t15?,17-,18-,19+,20-/m1/s1. The molecule has 0 bridgehead atoms. The van der Waals surface area contributed by atoms with Crippen LogP contribution in [0, 0.1) is 23.2 Å². The Labute approximate surface area is 129 Å². The van der Waals surface area contributed by atoms with E-state index in [1.807, 2.05) is 0 Å². The van der Waals surface area contributed by atoms with E-state index in [2.05, 4.69) is 19.9 Å². The van der Waals surface area contributed by atoms with Gasteiger partial charge in [0.2, 0.25) is 0 Å². The zero-order valence-electron chi connectivity index (χ0n) is 13.7. The second kappa shape index (κ2) is 4.98. The van der Waals surface area contributed by atoms with E-state index < -0.39 is 0 Å². The van der Waals surface area contributed by atoms with E-state index in [4.69, 9.17) is 0 Å². The monoisotopic (exact) mass is 286 g/mol. The van der Waals surface area contributed by atoms with E-state index in [1.54, 1.807) is 16.7 Å². The van der Waals surface area contributed by atoms with Gasteiger partial charge in [-0.15, -0.1) is 0 Å². The fourth-order valence-electron chi connectivity index (χ4n) is 6.39. The highest BCUT2D eigenvalue weighted by Crippen LogP contribution is 2.61. The van der Waals surface area contributed by atoms with Crippen LogP contribution in [0.15, 0.2) is 22.8 Å². The molecular formula is C20H30O. The zero-order valence-corrected chi connectivity index (χ0v) is 13.7. The Hall–Kier alpha value is -0.560. The highest BCUT2D eigenvalue weighted by Gasteiger charge is 2.51. The molecule has 1 unspecified atom stereocenters. The lowest BCUT2D eigenvalue weighted by atomic mass is 9.53. The summed E-state index contributed by atoms with van der Waals surface area (Å²) < 4.78 is 0. The van der Waals surface area contributed by atoms with Crippen LogP contribution >= 0.6 is 0 Å². The smallest absolute Gasteiger partial charge is 0.0580 e. The van der Waals surface area contributed by atoms with Gasteiger partial charge >= 0.3 is 0 Å². The highest BCUT2D eigenvalue weighted by molar-refractivity contribution is 5.31. The molecule has 4 aliphatic rings. The Balaban J connectivity index is 1.62. The summed E-state index contributed by atoms with van der Waals surface area (Å²) >= 11 is 0. The molecule has 0 saturated heterocycles. The fraction of sp³-hybridized carbons (Fsp3) is 0.800. The normalized spacial score (nSPS) is 45.8. The van der Waals surface area contributed by atoms with Crippen molar-refractivity contribution < 1.29 is 5.11 Å². The third kappa shape index (κ3) is 2.00. The van der Waals surface area contributed by atoms with Crippen molar-refractivity contribution in [2.24, 2.45) is 23.2 Å². The molecule has 4 rings (SSSR count). The first-order chi connectivity index (χ1) is 10.1. The van der Waals surface area contributed by atoms with E-state index in [1.165, 1.54) is 44.9 Å². The van der Waals surface area contributed by atoms with Gasteiger partial charge in [0.1, 0.15) is 0 Å². The zero-order chi connectivity index (χ0) is 14.6. The van der Waals surface area contributed by atoms with Gasteiger partial charge in [-0.05, 0) is 81.0 Å². The molecule has 0 radical (unpaired) electrons. The number of hydrogen-bond donors (Lipinski definition) is 1. The second-order valence-corrected chi connectivity index (χ2v) is 8.22. The molecular weight excluding hydrogens is 256 g/mol. The molecule has 0 aromatic rings. The third-order valence-corrected chi connectivity index (χ3v) is 7.47. The van der Waals surface area contributed by atoms with Crippen LogP contribution < -0.4 is 0 Å². The topological polar surface area (TPSA) is 20.2 Å². The molecule has 4 aliphatic carbocycles. The minimum Gasteiger partial charge on any atom is -0.393 e. The molecule has 0 aromatic carbocycles. The number of rotatable bonds is 1. The molecule has 1 N–H and O–H groups in total. The first kappa shape index (κ1) is 14.1. The van der Waals surface area contributed by atoms with E-state index >= 15 is 0 Å². The maximum absolute atomic E-state index is 9.96. The molecule has 0 heterocycles. The quantitative estimate of drug-likeness (QED) is 0.672. The lowest BCUT2D eigenvalue weighted by Gasteiger charge is -2.52. The van der Waals surface area contributed by atoms with Crippen molar-refractivity contribution in [3.63, 3.8) is 0 Å². The van der Waals surface area contributed by atoms with Crippen LogP contribution in [0.3, 0.4) is 0 Å². The first-order valence-corrected chi connectivity index (χ1v) is 9.22. The van der Waals surface area contributed by atoms with Gasteiger partial charge in [-0.2, -0.15) is 0 Å². The van der Waals surface area contributed by atoms with Gasteiger partial charge in [0.15, 0.2) is 0 Å². The van der Waals surface area contributed by atoms with Crippen molar-refractivity contribution in [2.75, 3.05) is 0 Å². The van der Waals surface area contributed by atoms with Gasteiger partial charge in [0, 0.05) is 0 Å². The summed E-state index contributed by atoms with van der Waals surface area (Å²) in [6.07, 6.45) is 13.8. The number of fused-ring (bicyclic) bond motifs is 4. The van der Waals surface area contributed by atoms with Crippen LogP contribution in [-0.4, -0.2) is 11.2 Å². The van der Waals surface area contributed by atoms with E-state index in [-0.39, 0.29) is 6.10 Å². The molecule has 0 aromatic heterocycles. The van der Waals surface area contributed by atoms with E-state index in [0.29, 0.717) is 5.41 Å². The average Bonchev–Trinajstić information content (AvgIpc) is 2.83. The molecule has 1 heteroatoms. The predicted octanol–water partition coefficient (Wildman–Crippen LogP) is 5.01. The molecule has 1 fully saturated rings. The minimum absolute atomic E-state index is 0.0472. The van der Waals surface area contributed by atoms with Gasteiger partial charge in [0.05, 0.1) is 6.10 Å². The average molecular weight is 286 g/mol. The molecule has 0 spiro atoms. The Kier molecular flexibility index (Phi) is 3.33. The van der Waals surface area contributed by atoms with Gasteiger partial charge < -0.3 is 5.11 Å². The lowest BCUT2D eigenvalue weighted by molar-refractivity contribution is 0.0482. The summed E-state index contributed by atoms with van der Waals surface area (Å²) in [4.78, 5) is 0. The fourth-order valence-corrected chi connectivity index (χ4v) is 6.39. The summed E-state index contributed by atoms with van der Waals surface area (Å²) in [7, 11) is 0. The number of aliphatic hydroxyl groups is 1. The van der Waals surface area contributed by atoms with E-state index in [0.717, 1.165) is 30.6 Å². The van der Waals surface area contributed by atoms with Gasteiger partial charge in [0.25, 0.3) is 0 Å². The van der Waals surface area contributed by atoms with E-state index in [9.17, 15) is 5.11 Å². The SMILES string of the molecule is CCC1=CC[C@H]2[C@@H]3CCC4=C(CCC(O)C4)[C@H]3CC[C@]12C. The third-order valence-electron chi connectivity index (χ3n) is 7.47. The van der Waals surface area contributed by atoms with Gasteiger partial charge in [-0.25, -0.2) is 0 Å². The van der Waals surface area contributed by atoms with Crippen LogP contribution in [0.2, 0.25) is 0 Å². The number of aliphatic hydroxyl groups excluding tert-OH is 1. The predicted molar refractivity (Wildman–Crippen MR) is 86.9 cm³/mol. The number of hydrogen-bond acceptors (Lipinski definition) is 1. The molecule has 1 saturated carbocycles. The second-order valence-electron chi connectivity index (χ2n) is 8.22. The van der Waals surface area contributed by atoms with Crippen molar-refractivity contribution in [1.82, 2.24) is 0 Å². The lowest BCUT2D eigenvalue weighted by Crippen LogP contribution is -2.43. The maximum Gasteiger partial charge on any atom is 0.0580 e. The molecule has 21 heavy (non-hydrogen) atoms. The van der Waals surface area contributed by atoms with Crippen LogP contribution in [0.5, 0.6) is 0 Å². The molecule has 1 nitrogen and oxygen atoms in total. The summed E-state index contributed by atoms with van der Waals surface area (Å²) in [5.74, 6) is 2.70. The Bertz CT molecular complexity index is 500. The summed E-state index contributed by atoms with van der Waals surface area (Å²) in [5, 5.41) is 9.96. The largest absolute Gasteiger partial charge is 0.393 e. The van der Waals surface area contributed by atoms with Crippen molar-refractivity contribution in [3.05, 3.63) is 22.8 Å². The van der Waals surface area contributed by atoms with Crippen molar-refractivity contribution >= 4 is 0 Å². The molecule has 116 valence electrons. The van der Waals surface area contributed by atoms with Crippen LogP contribution in [0.4, 0.5) is 0 Å². The molecule has 0 amide bonds. The molecule has 0 aliphatic heterocycles. The van der Waals surface area contributed by atoms with Gasteiger partial charge in [-0.1, -0.05) is 36.6 Å². The summed E-state index contributed by atoms with van der Waals surface area (Å²) in [6.45, 7) is 4.90. The first-order valence-electron chi connectivity index (χ1n) is 9.22. The maximum atomic E-state index is 9.96. The molecule has 5 atom stereocenters. The van der Waals surface area contributed by atoms with Crippen molar-refractivity contribution in [3.8, 4) is 0 Å². The van der Waals surface area contributed by atoms with Crippen LogP contribution in [-0.2, 0) is 0 Å². The van der Waals surface area contributed by atoms with Crippen LogP contribution in [0.1, 0.15) is 71.6 Å². The summed E-state index contributed by atoms with van der Waals surface area (Å²) in [5.41, 5.74) is 5.72. The van der Waals surface area contributed by atoms with Crippen LogP contribution in [0.25, 0.3) is 0 Å².